The molecule has 2 aromatic carbocycles. The van der Waals surface area contributed by atoms with Gasteiger partial charge in [-0.05, 0) is 35.2 Å². The zero-order chi connectivity index (χ0) is 14.8. The lowest BCUT2D eigenvalue weighted by atomic mass is 9.87. The molecule has 2 aromatic rings. The average Bonchev–Trinajstić information content (AvgIpc) is 2.41. The zero-order valence-electron chi connectivity index (χ0n) is 12.0. The van der Waals surface area contributed by atoms with Crippen molar-refractivity contribution in [3.8, 4) is 17.6 Å². The fraction of sp³-hybridized carbons (Fsp3) is 0.235. The van der Waals surface area contributed by atoms with Gasteiger partial charge < -0.3 is 10.5 Å². The second kappa shape index (κ2) is 5.26. The maximum Gasteiger partial charge on any atom is 0.151 e. The van der Waals surface area contributed by atoms with E-state index in [1.165, 1.54) is 5.56 Å². The largest absolute Gasteiger partial charge is 0.455 e. The van der Waals surface area contributed by atoms with Crippen LogP contribution in [-0.4, -0.2) is 0 Å². The quantitative estimate of drug-likeness (QED) is 0.827. The Balaban J connectivity index is 2.26. The van der Waals surface area contributed by atoms with Gasteiger partial charge in [-0.3, -0.25) is 0 Å². The summed E-state index contributed by atoms with van der Waals surface area (Å²) in [6.07, 6.45) is 0. The van der Waals surface area contributed by atoms with Crippen LogP contribution >= 0.6 is 0 Å². The maximum absolute atomic E-state index is 8.95. The number of nitrogens with two attached hydrogens (primary N) is 1. The standard InChI is InChI=1S/C17H18N2O/c1-17(2,3)13-7-9-14(10-8-13)20-15-6-4-5-12(11-18)16(15)19/h4-10H,19H2,1-3H3. The van der Waals surface area contributed by atoms with Gasteiger partial charge in [-0.1, -0.05) is 39.0 Å². The van der Waals surface area contributed by atoms with Crippen molar-refractivity contribution in [3.05, 3.63) is 53.6 Å². The summed E-state index contributed by atoms with van der Waals surface area (Å²) in [7, 11) is 0. The van der Waals surface area contributed by atoms with Gasteiger partial charge in [0.2, 0.25) is 0 Å². The SMILES string of the molecule is CC(C)(C)c1ccc(Oc2cccc(C#N)c2N)cc1. The molecule has 0 aliphatic heterocycles. The van der Waals surface area contributed by atoms with E-state index in [1.807, 2.05) is 30.3 Å². The van der Waals surface area contributed by atoms with Crippen LogP contribution in [0.1, 0.15) is 31.9 Å². The molecule has 0 radical (unpaired) electrons. The van der Waals surface area contributed by atoms with Crippen LogP contribution in [0, 0.1) is 11.3 Å². The molecule has 3 nitrogen and oxygen atoms in total. The molecule has 0 atom stereocenters. The number of nitrogen functional groups attached to an aromatic ring is 1. The summed E-state index contributed by atoms with van der Waals surface area (Å²) in [4.78, 5) is 0. The van der Waals surface area contributed by atoms with E-state index in [9.17, 15) is 0 Å². The molecule has 0 spiro atoms. The van der Waals surface area contributed by atoms with E-state index in [0.717, 1.165) is 0 Å². The number of para-hydroxylation sites is 1. The lowest BCUT2D eigenvalue weighted by Crippen LogP contribution is -2.10. The van der Waals surface area contributed by atoms with Crippen molar-refractivity contribution < 1.29 is 4.74 Å². The van der Waals surface area contributed by atoms with Crippen molar-refractivity contribution in [1.29, 1.82) is 5.26 Å². The van der Waals surface area contributed by atoms with E-state index in [0.29, 0.717) is 22.7 Å². The normalized spacial score (nSPS) is 10.9. The summed E-state index contributed by atoms with van der Waals surface area (Å²) in [5.74, 6) is 1.22. The first-order valence-corrected chi connectivity index (χ1v) is 6.49. The molecule has 0 saturated heterocycles. The van der Waals surface area contributed by atoms with Crippen LogP contribution in [-0.2, 0) is 5.41 Å². The number of anilines is 1. The highest BCUT2D eigenvalue weighted by atomic mass is 16.5. The van der Waals surface area contributed by atoms with E-state index in [2.05, 4.69) is 20.8 Å². The Morgan fingerprint density at radius 2 is 1.70 bits per heavy atom. The van der Waals surface area contributed by atoms with Crippen molar-refractivity contribution in [2.75, 3.05) is 5.73 Å². The molecule has 3 heteroatoms. The zero-order valence-corrected chi connectivity index (χ0v) is 12.0. The van der Waals surface area contributed by atoms with E-state index < -0.39 is 0 Å². The number of benzene rings is 2. The van der Waals surface area contributed by atoms with Crippen molar-refractivity contribution in [2.24, 2.45) is 0 Å². The minimum Gasteiger partial charge on any atom is -0.455 e. The molecular weight excluding hydrogens is 248 g/mol. The molecule has 0 bridgehead atoms. The van der Waals surface area contributed by atoms with Gasteiger partial charge in [-0.2, -0.15) is 5.26 Å². The number of hydrogen-bond donors (Lipinski definition) is 1. The van der Waals surface area contributed by atoms with Crippen molar-refractivity contribution >= 4 is 5.69 Å². The predicted molar refractivity (Wildman–Crippen MR) is 80.8 cm³/mol. The van der Waals surface area contributed by atoms with Crippen molar-refractivity contribution in [3.63, 3.8) is 0 Å². The molecule has 0 aromatic heterocycles. The highest BCUT2D eigenvalue weighted by molar-refractivity contribution is 5.63. The average molecular weight is 266 g/mol. The van der Waals surface area contributed by atoms with Gasteiger partial charge in [-0.25, -0.2) is 0 Å². The van der Waals surface area contributed by atoms with Gasteiger partial charge in [0.1, 0.15) is 11.8 Å². The summed E-state index contributed by atoms with van der Waals surface area (Å²) >= 11 is 0. The number of nitrogens with zero attached hydrogens (tertiary/aromatic N) is 1. The summed E-state index contributed by atoms with van der Waals surface area (Å²) in [5, 5.41) is 8.95. The van der Waals surface area contributed by atoms with E-state index in [-0.39, 0.29) is 5.41 Å². The first-order valence-electron chi connectivity index (χ1n) is 6.49. The Morgan fingerprint density at radius 3 is 2.25 bits per heavy atom. The number of hydrogen-bond acceptors (Lipinski definition) is 3. The number of ether oxygens (including phenoxy) is 1. The number of rotatable bonds is 2. The monoisotopic (exact) mass is 266 g/mol. The van der Waals surface area contributed by atoms with Crippen LogP contribution in [0.2, 0.25) is 0 Å². The Labute approximate surface area is 119 Å². The van der Waals surface area contributed by atoms with Gasteiger partial charge in [0.25, 0.3) is 0 Å². The first-order chi connectivity index (χ1) is 9.41. The summed E-state index contributed by atoms with van der Waals surface area (Å²) < 4.78 is 5.74. The molecule has 20 heavy (non-hydrogen) atoms. The van der Waals surface area contributed by atoms with Gasteiger partial charge in [-0.15, -0.1) is 0 Å². The van der Waals surface area contributed by atoms with Crippen LogP contribution in [0.4, 0.5) is 5.69 Å². The lowest BCUT2D eigenvalue weighted by molar-refractivity contribution is 0.483. The molecule has 0 aliphatic carbocycles. The van der Waals surface area contributed by atoms with Crippen LogP contribution < -0.4 is 10.5 Å². The summed E-state index contributed by atoms with van der Waals surface area (Å²) in [5.41, 5.74) is 8.04. The third kappa shape index (κ3) is 2.92. The van der Waals surface area contributed by atoms with Crippen molar-refractivity contribution in [1.82, 2.24) is 0 Å². The topological polar surface area (TPSA) is 59.0 Å². The third-order valence-corrected chi connectivity index (χ3v) is 3.13. The minimum atomic E-state index is 0.109. The lowest BCUT2D eigenvalue weighted by Gasteiger charge is -2.19. The smallest absolute Gasteiger partial charge is 0.151 e. The number of nitriles is 1. The second-order valence-electron chi connectivity index (χ2n) is 5.71. The Hall–Kier alpha value is -2.47. The second-order valence-corrected chi connectivity index (χ2v) is 5.71. The summed E-state index contributed by atoms with van der Waals surface area (Å²) in [6, 6.07) is 15.1. The van der Waals surface area contributed by atoms with E-state index in [1.54, 1.807) is 18.2 Å². The van der Waals surface area contributed by atoms with E-state index in [4.69, 9.17) is 15.7 Å². The fourth-order valence-electron chi connectivity index (χ4n) is 1.88. The molecule has 0 heterocycles. The summed E-state index contributed by atoms with van der Waals surface area (Å²) in [6.45, 7) is 6.49. The third-order valence-electron chi connectivity index (χ3n) is 3.13. The van der Waals surface area contributed by atoms with Crippen LogP contribution in [0.25, 0.3) is 0 Å². The van der Waals surface area contributed by atoms with Gasteiger partial charge >= 0.3 is 0 Å². The molecule has 0 saturated carbocycles. The first kappa shape index (κ1) is 14.0. The fourth-order valence-corrected chi connectivity index (χ4v) is 1.88. The Kier molecular flexibility index (Phi) is 3.67. The minimum absolute atomic E-state index is 0.109. The molecule has 0 amide bonds. The highest BCUT2D eigenvalue weighted by Crippen LogP contribution is 2.31. The van der Waals surface area contributed by atoms with Gasteiger partial charge in [0.15, 0.2) is 5.75 Å². The molecular formula is C17H18N2O. The molecule has 2 rings (SSSR count). The van der Waals surface area contributed by atoms with Crippen LogP contribution in [0.15, 0.2) is 42.5 Å². The van der Waals surface area contributed by atoms with E-state index >= 15 is 0 Å². The highest BCUT2D eigenvalue weighted by Gasteiger charge is 2.13. The van der Waals surface area contributed by atoms with Crippen LogP contribution in [0.3, 0.4) is 0 Å². The van der Waals surface area contributed by atoms with Gasteiger partial charge in [0.05, 0.1) is 11.3 Å². The van der Waals surface area contributed by atoms with Crippen LogP contribution in [0.5, 0.6) is 11.5 Å². The van der Waals surface area contributed by atoms with Gasteiger partial charge in [0, 0.05) is 0 Å². The predicted octanol–water partition coefficient (Wildman–Crippen LogP) is 4.23. The molecule has 0 unspecified atom stereocenters. The maximum atomic E-state index is 8.95. The Bertz CT molecular complexity index is 646. The molecule has 2 N–H and O–H groups in total. The Morgan fingerprint density at radius 1 is 1.05 bits per heavy atom. The molecule has 102 valence electrons. The molecule has 0 aliphatic rings. The van der Waals surface area contributed by atoms with Crippen molar-refractivity contribution in [2.45, 2.75) is 26.2 Å². The molecule has 0 fully saturated rings.